The zero-order valence-corrected chi connectivity index (χ0v) is 12.4. The molecule has 110 valence electrons. The van der Waals surface area contributed by atoms with E-state index in [2.05, 4.69) is 5.32 Å². The van der Waals surface area contributed by atoms with Crippen molar-refractivity contribution in [2.24, 2.45) is 0 Å². The Labute approximate surface area is 114 Å². The van der Waals surface area contributed by atoms with Crippen LogP contribution in [-0.4, -0.2) is 41.4 Å². The van der Waals surface area contributed by atoms with Crippen LogP contribution in [0.15, 0.2) is 0 Å². The maximum absolute atomic E-state index is 12.0. The fourth-order valence-corrected chi connectivity index (χ4v) is 1.62. The summed E-state index contributed by atoms with van der Waals surface area (Å²) < 4.78 is 5.12. The molecule has 19 heavy (non-hydrogen) atoms. The standard InChI is InChI=1S/C13H24N2O4/c1-12(2,3)18-11(17)14-13(4,5)10(16)19-15-8-6-7-9-15/h6-9H2,1-5H3,(H,14,17). The Morgan fingerprint density at radius 1 is 1.05 bits per heavy atom. The number of amides is 1. The Balaban J connectivity index is 2.49. The molecule has 6 heteroatoms. The molecular formula is C13H24N2O4. The first-order chi connectivity index (χ1) is 8.60. The van der Waals surface area contributed by atoms with Gasteiger partial charge < -0.3 is 14.9 Å². The van der Waals surface area contributed by atoms with Gasteiger partial charge in [-0.25, -0.2) is 9.59 Å². The lowest BCUT2D eigenvalue weighted by Gasteiger charge is -2.28. The van der Waals surface area contributed by atoms with E-state index in [1.54, 1.807) is 39.7 Å². The van der Waals surface area contributed by atoms with Crippen LogP contribution < -0.4 is 5.32 Å². The summed E-state index contributed by atoms with van der Waals surface area (Å²) in [5, 5.41) is 4.15. The molecule has 1 heterocycles. The number of alkyl carbamates (subject to hydrolysis) is 1. The molecule has 0 bridgehead atoms. The Morgan fingerprint density at radius 2 is 1.58 bits per heavy atom. The number of hydrogen-bond acceptors (Lipinski definition) is 5. The molecule has 1 aliphatic heterocycles. The van der Waals surface area contributed by atoms with Crippen molar-refractivity contribution in [3.63, 3.8) is 0 Å². The minimum Gasteiger partial charge on any atom is -0.444 e. The van der Waals surface area contributed by atoms with Crippen LogP contribution in [0.2, 0.25) is 0 Å². The molecule has 0 aromatic carbocycles. The number of nitrogens with zero attached hydrogens (tertiary/aromatic N) is 1. The molecular weight excluding hydrogens is 248 g/mol. The molecule has 0 unspecified atom stereocenters. The summed E-state index contributed by atoms with van der Waals surface area (Å²) in [7, 11) is 0. The Bertz CT molecular complexity index is 341. The molecule has 0 aromatic rings. The average Bonchev–Trinajstić information content (AvgIpc) is 2.65. The quantitative estimate of drug-likeness (QED) is 0.849. The highest BCUT2D eigenvalue weighted by molar-refractivity contribution is 5.84. The van der Waals surface area contributed by atoms with E-state index in [0.717, 1.165) is 25.9 Å². The van der Waals surface area contributed by atoms with Crippen molar-refractivity contribution in [1.82, 2.24) is 10.4 Å². The van der Waals surface area contributed by atoms with Crippen LogP contribution in [0, 0.1) is 0 Å². The third-order valence-electron chi connectivity index (χ3n) is 2.60. The lowest BCUT2D eigenvalue weighted by atomic mass is 10.1. The number of hydroxylamine groups is 2. The first-order valence-corrected chi connectivity index (χ1v) is 6.59. The lowest BCUT2D eigenvalue weighted by molar-refractivity contribution is -0.192. The monoisotopic (exact) mass is 272 g/mol. The second-order valence-electron chi connectivity index (χ2n) is 6.27. The van der Waals surface area contributed by atoms with Crippen molar-refractivity contribution < 1.29 is 19.2 Å². The molecule has 0 aliphatic carbocycles. The lowest BCUT2D eigenvalue weighted by Crippen LogP contribution is -2.53. The summed E-state index contributed by atoms with van der Waals surface area (Å²) in [5.74, 6) is -0.486. The predicted octanol–water partition coefficient (Wildman–Crippen LogP) is 1.84. The molecule has 0 atom stereocenters. The first kappa shape index (κ1) is 15.8. The number of carbonyl (C=O) groups is 2. The van der Waals surface area contributed by atoms with Crippen molar-refractivity contribution in [1.29, 1.82) is 0 Å². The molecule has 1 aliphatic rings. The van der Waals surface area contributed by atoms with Gasteiger partial charge in [-0.1, -0.05) is 0 Å². The van der Waals surface area contributed by atoms with Gasteiger partial charge in [0.2, 0.25) is 0 Å². The summed E-state index contributed by atoms with van der Waals surface area (Å²) in [4.78, 5) is 28.9. The predicted molar refractivity (Wildman–Crippen MR) is 70.3 cm³/mol. The van der Waals surface area contributed by atoms with Gasteiger partial charge in [-0.2, -0.15) is 0 Å². The van der Waals surface area contributed by atoms with Crippen molar-refractivity contribution in [2.75, 3.05) is 13.1 Å². The zero-order chi connectivity index (χ0) is 14.7. The number of carbonyl (C=O) groups excluding carboxylic acids is 2. The third-order valence-corrected chi connectivity index (χ3v) is 2.60. The summed E-state index contributed by atoms with van der Waals surface area (Å²) in [6.45, 7) is 9.97. The van der Waals surface area contributed by atoms with Gasteiger partial charge in [-0.05, 0) is 47.5 Å². The number of rotatable bonds is 3. The fraction of sp³-hybridized carbons (Fsp3) is 0.846. The van der Waals surface area contributed by atoms with Crippen LogP contribution in [0.25, 0.3) is 0 Å². The molecule has 0 saturated carbocycles. The van der Waals surface area contributed by atoms with Crippen molar-refractivity contribution in [3.8, 4) is 0 Å². The second-order valence-corrected chi connectivity index (χ2v) is 6.27. The van der Waals surface area contributed by atoms with Gasteiger partial charge in [0, 0.05) is 13.1 Å². The minimum absolute atomic E-state index is 0.486. The van der Waals surface area contributed by atoms with Gasteiger partial charge in [-0.15, -0.1) is 5.06 Å². The third kappa shape index (κ3) is 5.46. The second kappa shape index (κ2) is 5.77. The molecule has 1 fully saturated rings. The smallest absolute Gasteiger partial charge is 0.408 e. The first-order valence-electron chi connectivity index (χ1n) is 6.59. The van der Waals surface area contributed by atoms with E-state index in [4.69, 9.17) is 9.57 Å². The highest BCUT2D eigenvalue weighted by Crippen LogP contribution is 2.14. The highest BCUT2D eigenvalue weighted by Gasteiger charge is 2.35. The molecule has 1 rings (SSSR count). The molecule has 0 radical (unpaired) electrons. The normalized spacial score (nSPS) is 17.1. The van der Waals surface area contributed by atoms with E-state index < -0.39 is 23.2 Å². The topological polar surface area (TPSA) is 67.9 Å². The van der Waals surface area contributed by atoms with Gasteiger partial charge in [0.15, 0.2) is 0 Å². The van der Waals surface area contributed by atoms with Crippen LogP contribution in [-0.2, 0) is 14.4 Å². The van der Waals surface area contributed by atoms with Crippen LogP contribution in [0.4, 0.5) is 4.79 Å². The van der Waals surface area contributed by atoms with E-state index in [1.807, 2.05) is 0 Å². The molecule has 1 N–H and O–H groups in total. The maximum Gasteiger partial charge on any atom is 0.408 e. The summed E-state index contributed by atoms with van der Waals surface area (Å²) in [6.07, 6.45) is 1.41. The maximum atomic E-state index is 12.0. The number of nitrogens with one attached hydrogen (secondary N) is 1. The number of ether oxygens (including phenoxy) is 1. The van der Waals surface area contributed by atoms with Crippen LogP contribution in [0.3, 0.4) is 0 Å². The van der Waals surface area contributed by atoms with Gasteiger partial charge >= 0.3 is 12.1 Å². The van der Waals surface area contributed by atoms with Crippen molar-refractivity contribution >= 4 is 12.1 Å². The fourth-order valence-electron chi connectivity index (χ4n) is 1.62. The molecule has 0 spiro atoms. The van der Waals surface area contributed by atoms with Gasteiger partial charge in [0.05, 0.1) is 0 Å². The van der Waals surface area contributed by atoms with Crippen molar-refractivity contribution in [2.45, 2.75) is 58.6 Å². The Morgan fingerprint density at radius 3 is 2.05 bits per heavy atom. The number of hydrogen-bond donors (Lipinski definition) is 1. The van der Waals surface area contributed by atoms with E-state index >= 15 is 0 Å². The van der Waals surface area contributed by atoms with Gasteiger partial charge in [0.1, 0.15) is 11.1 Å². The highest BCUT2D eigenvalue weighted by atomic mass is 16.7. The van der Waals surface area contributed by atoms with Crippen LogP contribution >= 0.6 is 0 Å². The van der Waals surface area contributed by atoms with E-state index in [1.165, 1.54) is 0 Å². The van der Waals surface area contributed by atoms with E-state index in [-0.39, 0.29) is 0 Å². The summed E-state index contributed by atoms with van der Waals surface area (Å²) in [6, 6.07) is 0. The molecule has 1 amide bonds. The van der Waals surface area contributed by atoms with Crippen molar-refractivity contribution in [3.05, 3.63) is 0 Å². The van der Waals surface area contributed by atoms with Gasteiger partial charge in [-0.3, -0.25) is 0 Å². The largest absolute Gasteiger partial charge is 0.444 e. The zero-order valence-electron chi connectivity index (χ0n) is 12.4. The Kier molecular flexibility index (Phi) is 4.79. The minimum atomic E-state index is -1.12. The van der Waals surface area contributed by atoms with Gasteiger partial charge in [0.25, 0.3) is 0 Å². The van der Waals surface area contributed by atoms with Crippen LogP contribution in [0.1, 0.15) is 47.5 Å². The Hall–Kier alpha value is -1.30. The van der Waals surface area contributed by atoms with E-state index in [0.29, 0.717) is 0 Å². The summed E-state index contributed by atoms with van der Waals surface area (Å²) >= 11 is 0. The molecule has 1 saturated heterocycles. The van der Waals surface area contributed by atoms with Crippen LogP contribution in [0.5, 0.6) is 0 Å². The summed E-state index contributed by atoms with van der Waals surface area (Å²) in [5.41, 5.74) is -1.72. The average molecular weight is 272 g/mol. The van der Waals surface area contributed by atoms with E-state index in [9.17, 15) is 9.59 Å². The molecule has 0 aromatic heterocycles. The SMILES string of the molecule is CC(C)(C)OC(=O)NC(C)(C)C(=O)ON1CCCC1. The molecule has 6 nitrogen and oxygen atoms in total.